The molecule has 3 N–H and O–H groups in total. The molecule has 15 nitrogen and oxygen atoms in total. The molecule has 0 bridgehead atoms. The summed E-state index contributed by atoms with van der Waals surface area (Å²) in [5.74, 6) is 0.193. The number of carbonyl (C=O) groups is 4. The largest absolute Gasteiger partial charge is 0.488 e. The van der Waals surface area contributed by atoms with E-state index in [0.717, 1.165) is 23.5 Å². The highest BCUT2D eigenvalue weighted by Gasteiger charge is 2.62. The van der Waals surface area contributed by atoms with E-state index in [0.29, 0.717) is 56.5 Å². The number of alkyl halides is 1. The van der Waals surface area contributed by atoms with Crippen molar-refractivity contribution in [2.24, 2.45) is 23.2 Å². The second kappa shape index (κ2) is 17.3. The van der Waals surface area contributed by atoms with E-state index in [1.54, 1.807) is 18.2 Å². The number of carbonyl (C=O) groups excluding carboxylic acids is 4. The van der Waals surface area contributed by atoms with Crippen LogP contribution in [0.3, 0.4) is 0 Å². The first-order chi connectivity index (χ1) is 28.6. The fraction of sp³-hybridized carbons (Fsp3) is 0.558. The molecule has 4 aliphatic rings. The Morgan fingerprint density at radius 1 is 1.10 bits per heavy atom. The Morgan fingerprint density at radius 2 is 1.85 bits per heavy atom. The molecule has 1 aromatic carbocycles. The maximum absolute atomic E-state index is 14.8. The number of anilines is 1. The van der Waals surface area contributed by atoms with Gasteiger partial charge in [-0.1, -0.05) is 49.4 Å². The van der Waals surface area contributed by atoms with Crippen molar-refractivity contribution in [3.63, 3.8) is 0 Å². The predicted octanol–water partition coefficient (Wildman–Crippen LogP) is 6.54. The van der Waals surface area contributed by atoms with E-state index in [1.165, 1.54) is 29.8 Å². The molecule has 17 heteroatoms. The Balaban J connectivity index is 1.23. The molecule has 1 aliphatic heterocycles. The van der Waals surface area contributed by atoms with Crippen molar-refractivity contribution in [1.82, 2.24) is 25.5 Å². The van der Waals surface area contributed by atoms with Crippen LogP contribution in [0.1, 0.15) is 72.3 Å². The van der Waals surface area contributed by atoms with Crippen LogP contribution in [0, 0.1) is 34.5 Å². The Hall–Kier alpha value is -4.70. The van der Waals surface area contributed by atoms with Gasteiger partial charge in [-0.2, -0.15) is 5.26 Å². The molecule has 1 saturated heterocycles. The first-order valence-corrected chi connectivity index (χ1v) is 22.7. The quantitative estimate of drug-likeness (QED) is 0.0646. The third kappa shape index (κ3) is 9.00. The van der Waals surface area contributed by atoms with Crippen molar-refractivity contribution >= 4 is 73.8 Å². The molecule has 3 amide bonds. The van der Waals surface area contributed by atoms with Crippen LogP contribution in [-0.4, -0.2) is 94.9 Å². The fourth-order valence-corrected chi connectivity index (χ4v) is 10.1. The summed E-state index contributed by atoms with van der Waals surface area (Å²) in [6, 6.07) is 5.45. The number of nitriles is 1. The van der Waals surface area contributed by atoms with Crippen molar-refractivity contribution in [1.29, 1.82) is 5.26 Å². The van der Waals surface area contributed by atoms with Gasteiger partial charge in [0.1, 0.15) is 53.1 Å². The molecule has 0 unspecified atom stereocenters. The van der Waals surface area contributed by atoms with Crippen molar-refractivity contribution in [3.05, 3.63) is 41.8 Å². The van der Waals surface area contributed by atoms with Gasteiger partial charge in [0.25, 0.3) is 0 Å². The lowest BCUT2D eigenvalue weighted by molar-refractivity contribution is -0.148. The van der Waals surface area contributed by atoms with Crippen molar-refractivity contribution in [2.75, 3.05) is 25.6 Å². The minimum Gasteiger partial charge on any atom is -0.488 e. The maximum atomic E-state index is 14.8. The highest BCUT2D eigenvalue weighted by Crippen LogP contribution is 2.52. The van der Waals surface area contributed by atoms with Crippen LogP contribution in [0.15, 0.2) is 36.2 Å². The average molecular weight is 954 g/mol. The third-order valence-electron chi connectivity index (χ3n) is 11.8. The number of benzene rings is 1. The molecule has 3 heterocycles. The van der Waals surface area contributed by atoms with E-state index < -0.39 is 53.0 Å². The molecule has 4 fully saturated rings. The second-order valence-electron chi connectivity index (χ2n) is 17.5. The number of ether oxygens (including phenoxy) is 4. The lowest BCUT2D eigenvalue weighted by Gasteiger charge is -2.35. The topological polar surface area (TPSA) is 194 Å². The molecule has 320 valence electrons. The Labute approximate surface area is 367 Å². The number of thiazole rings is 1. The van der Waals surface area contributed by atoms with Gasteiger partial charge in [-0.05, 0) is 68.9 Å². The maximum Gasteiger partial charge on any atom is 0.408 e. The van der Waals surface area contributed by atoms with Gasteiger partial charge in [0, 0.05) is 45.2 Å². The summed E-state index contributed by atoms with van der Waals surface area (Å²) in [4.78, 5) is 66.9. The zero-order valence-electron chi connectivity index (χ0n) is 34.7. The molecule has 0 spiro atoms. The molecule has 7 rings (SSSR count). The number of amides is 3. The van der Waals surface area contributed by atoms with Crippen LogP contribution < -0.4 is 25.4 Å². The fourth-order valence-electron chi connectivity index (χ4n) is 8.52. The number of halogens is 1. The normalized spacial score (nSPS) is 25.8. The van der Waals surface area contributed by atoms with Crippen molar-refractivity contribution < 1.29 is 38.1 Å². The highest BCUT2D eigenvalue weighted by atomic mass is 127. The van der Waals surface area contributed by atoms with Gasteiger partial charge in [-0.3, -0.25) is 9.59 Å². The van der Waals surface area contributed by atoms with Gasteiger partial charge in [-0.25, -0.2) is 19.6 Å². The number of hydrogen-bond acceptors (Lipinski definition) is 13. The minimum atomic E-state index is -1.30. The van der Waals surface area contributed by atoms with E-state index in [4.69, 9.17) is 28.9 Å². The number of pyridine rings is 1. The number of hydrogen-bond donors (Lipinski definition) is 3. The van der Waals surface area contributed by atoms with Gasteiger partial charge in [0.15, 0.2) is 11.7 Å². The summed E-state index contributed by atoms with van der Waals surface area (Å²) >= 11 is 3.68. The standard InChI is InChI=1S/C43H52IN7O8S/c1-8-25-18-43(25,39(54)56-7)50-37(52)32-16-27(20-51(32)38(53)36(42(4,5)6)49-41(55)59-26-14-23-13-24(23)15-26)58-34-17-30(31-21-60-40(48-31)46-22(2)3)47-35-28(34)9-10-33(29(35)19-44)57-12-11-45/h8-10,17,21-27,32,36H,1,12-16,18-20H2,2-7H3,(H,46,48)(H,49,55)(H,50,52)/t23-,24+,25-,26+,27-,32+,36-,43-/m1/s1. The summed E-state index contributed by atoms with van der Waals surface area (Å²) in [6.45, 7) is 13.3. The van der Waals surface area contributed by atoms with E-state index in [9.17, 15) is 24.4 Å². The van der Waals surface area contributed by atoms with E-state index in [-0.39, 0.29) is 37.6 Å². The SMILES string of the molecule is C=C[C@@H]1C[C@]1(NC(=O)[C@@H]1C[C@@H](Oc2cc(-c3csc(NC(C)C)n3)nc3c(CI)c(OCC#N)ccc23)CN1C(=O)[C@@H](NC(=O)O[C@@H]1C[C@@H]2C[C@@H]2C1)C(C)(C)C)C(=O)OC. The Bertz CT molecular complexity index is 2210. The summed E-state index contributed by atoms with van der Waals surface area (Å²) in [5.41, 5.74) is 0.434. The summed E-state index contributed by atoms with van der Waals surface area (Å²) in [7, 11) is 1.26. The molecular formula is C43H52IN7O8S. The number of methoxy groups -OCH3 is 1. The number of rotatable bonds is 15. The van der Waals surface area contributed by atoms with Crippen LogP contribution in [0.4, 0.5) is 9.93 Å². The second-order valence-corrected chi connectivity index (χ2v) is 19.2. The summed E-state index contributed by atoms with van der Waals surface area (Å²) in [5, 5.41) is 21.7. The lowest BCUT2D eigenvalue weighted by atomic mass is 9.85. The van der Waals surface area contributed by atoms with Crippen molar-refractivity contribution in [2.45, 2.75) is 107 Å². The summed E-state index contributed by atoms with van der Waals surface area (Å²) < 4.78 is 24.0. The molecular weight excluding hydrogens is 901 g/mol. The molecule has 0 radical (unpaired) electrons. The van der Waals surface area contributed by atoms with Gasteiger partial charge in [-0.15, -0.1) is 17.9 Å². The average Bonchev–Trinajstić information content (AvgIpc) is 3.87. The minimum absolute atomic E-state index is 0.0108. The van der Waals surface area contributed by atoms with Gasteiger partial charge in [0.2, 0.25) is 11.8 Å². The lowest BCUT2D eigenvalue weighted by Crippen LogP contribution is -2.59. The number of fused-ring (bicyclic) bond motifs is 2. The van der Waals surface area contributed by atoms with E-state index >= 15 is 0 Å². The smallest absolute Gasteiger partial charge is 0.408 e. The van der Waals surface area contributed by atoms with Crippen molar-refractivity contribution in [3.8, 4) is 29.0 Å². The first kappa shape index (κ1) is 43.4. The van der Waals surface area contributed by atoms with Gasteiger partial charge in [0.05, 0.1) is 24.9 Å². The molecule has 2 aromatic heterocycles. The zero-order valence-corrected chi connectivity index (χ0v) is 37.7. The molecule has 8 atom stereocenters. The van der Waals surface area contributed by atoms with Gasteiger partial charge < -0.3 is 39.8 Å². The molecule has 60 heavy (non-hydrogen) atoms. The van der Waals surface area contributed by atoms with Crippen LogP contribution >= 0.6 is 33.9 Å². The van der Waals surface area contributed by atoms with E-state index in [1.807, 2.05) is 52.1 Å². The number of esters is 1. The molecule has 3 aromatic rings. The Kier molecular flexibility index (Phi) is 12.5. The number of nitrogens with zero attached hydrogens (tertiary/aromatic N) is 4. The third-order valence-corrected chi connectivity index (χ3v) is 13.3. The summed E-state index contributed by atoms with van der Waals surface area (Å²) in [6.07, 6.45) is 3.23. The highest BCUT2D eigenvalue weighted by molar-refractivity contribution is 14.1. The monoisotopic (exact) mass is 953 g/mol. The molecule has 3 aliphatic carbocycles. The van der Waals surface area contributed by atoms with E-state index in [2.05, 4.69) is 45.1 Å². The van der Waals surface area contributed by atoms with Crippen LogP contribution in [0.5, 0.6) is 11.5 Å². The van der Waals surface area contributed by atoms with Gasteiger partial charge >= 0.3 is 12.1 Å². The number of likely N-dealkylation sites (tertiary alicyclic amines) is 1. The predicted molar refractivity (Wildman–Crippen MR) is 234 cm³/mol. The van der Waals surface area contributed by atoms with Crippen LogP contribution in [0.25, 0.3) is 22.3 Å². The Morgan fingerprint density at radius 3 is 2.48 bits per heavy atom. The number of alkyl carbamates (subject to hydrolysis) is 1. The molecule has 3 saturated carbocycles. The van der Waals surface area contributed by atoms with Crippen LogP contribution in [-0.2, 0) is 28.3 Å². The zero-order chi connectivity index (χ0) is 43.1. The van der Waals surface area contributed by atoms with Crippen LogP contribution in [0.2, 0.25) is 0 Å². The number of nitrogens with one attached hydrogen (secondary N) is 3. The first-order valence-electron chi connectivity index (χ1n) is 20.3. The number of aromatic nitrogens is 2.